The van der Waals surface area contributed by atoms with E-state index in [0.717, 1.165) is 0 Å². The highest BCUT2D eigenvalue weighted by Crippen LogP contribution is 2.24. The van der Waals surface area contributed by atoms with Crippen LogP contribution in [0.3, 0.4) is 0 Å². The first-order valence-electron chi connectivity index (χ1n) is 6.40. The number of nitro benzene ring substituents is 1. The second-order valence-corrected chi connectivity index (χ2v) is 4.47. The Hall–Kier alpha value is -2.47. The zero-order valence-corrected chi connectivity index (χ0v) is 11.5. The number of para-hydroxylation sites is 1. The van der Waals surface area contributed by atoms with Crippen molar-refractivity contribution < 1.29 is 14.1 Å². The van der Waals surface area contributed by atoms with E-state index in [9.17, 15) is 14.5 Å². The van der Waals surface area contributed by atoms with Crippen LogP contribution in [-0.2, 0) is 13.2 Å². The molecule has 0 aliphatic heterocycles. The van der Waals surface area contributed by atoms with Crippen LogP contribution in [0.2, 0.25) is 0 Å². The van der Waals surface area contributed by atoms with Crippen LogP contribution in [0.25, 0.3) is 0 Å². The van der Waals surface area contributed by atoms with Crippen molar-refractivity contribution >= 4 is 5.69 Å². The van der Waals surface area contributed by atoms with Crippen molar-refractivity contribution in [3.05, 3.63) is 69.5 Å². The van der Waals surface area contributed by atoms with Crippen molar-refractivity contribution in [3.63, 3.8) is 0 Å². The minimum Gasteiger partial charge on any atom is -0.485 e. The van der Waals surface area contributed by atoms with E-state index in [1.165, 1.54) is 18.2 Å². The molecule has 0 spiro atoms. The number of nitrogens with one attached hydrogen (secondary N) is 1. The second kappa shape index (κ2) is 6.81. The SMILES string of the molecule is CNCc1cccc(F)c1OCc1cccc([N+](=O)[O-])c1. The maximum absolute atomic E-state index is 13.8. The molecule has 2 rings (SSSR count). The Balaban J connectivity index is 2.16. The molecule has 0 amide bonds. The minimum atomic E-state index is -0.473. The molecule has 2 aromatic rings. The molecule has 0 aromatic heterocycles. The van der Waals surface area contributed by atoms with Crippen molar-refractivity contribution in [3.8, 4) is 5.75 Å². The van der Waals surface area contributed by atoms with E-state index in [1.807, 2.05) is 0 Å². The Morgan fingerprint density at radius 1 is 1.29 bits per heavy atom. The molecule has 0 heterocycles. The van der Waals surface area contributed by atoms with Crippen LogP contribution in [0.15, 0.2) is 42.5 Å². The summed E-state index contributed by atoms with van der Waals surface area (Å²) in [5.41, 5.74) is 1.30. The largest absolute Gasteiger partial charge is 0.485 e. The summed E-state index contributed by atoms with van der Waals surface area (Å²) in [6, 6.07) is 10.8. The Morgan fingerprint density at radius 2 is 2.05 bits per heavy atom. The molecular weight excluding hydrogens is 275 g/mol. The molecule has 0 unspecified atom stereocenters. The average Bonchev–Trinajstić information content (AvgIpc) is 2.47. The lowest BCUT2D eigenvalue weighted by molar-refractivity contribution is -0.384. The highest BCUT2D eigenvalue weighted by molar-refractivity contribution is 5.37. The van der Waals surface area contributed by atoms with Crippen LogP contribution in [0.1, 0.15) is 11.1 Å². The van der Waals surface area contributed by atoms with Crippen LogP contribution in [0.4, 0.5) is 10.1 Å². The molecule has 21 heavy (non-hydrogen) atoms. The smallest absolute Gasteiger partial charge is 0.269 e. The Bertz CT molecular complexity index is 647. The van der Waals surface area contributed by atoms with Crippen LogP contribution in [0.5, 0.6) is 5.75 Å². The van der Waals surface area contributed by atoms with Crippen LogP contribution >= 0.6 is 0 Å². The number of halogens is 1. The van der Waals surface area contributed by atoms with Gasteiger partial charge in [0, 0.05) is 24.2 Å². The van der Waals surface area contributed by atoms with Gasteiger partial charge in [0.25, 0.3) is 5.69 Å². The molecule has 0 aliphatic rings. The van der Waals surface area contributed by atoms with Gasteiger partial charge >= 0.3 is 0 Å². The number of rotatable bonds is 6. The lowest BCUT2D eigenvalue weighted by Crippen LogP contribution is -2.08. The van der Waals surface area contributed by atoms with Gasteiger partial charge in [-0.1, -0.05) is 24.3 Å². The van der Waals surface area contributed by atoms with E-state index in [4.69, 9.17) is 4.74 Å². The molecule has 0 saturated carbocycles. The van der Waals surface area contributed by atoms with E-state index in [-0.39, 0.29) is 18.0 Å². The molecule has 0 bridgehead atoms. The molecule has 0 fully saturated rings. The summed E-state index contributed by atoms with van der Waals surface area (Å²) in [5.74, 6) is -0.286. The number of nitro groups is 1. The van der Waals surface area contributed by atoms with Gasteiger partial charge in [-0.25, -0.2) is 4.39 Å². The summed E-state index contributed by atoms with van der Waals surface area (Å²) >= 11 is 0. The van der Waals surface area contributed by atoms with Crippen molar-refractivity contribution in [2.24, 2.45) is 0 Å². The van der Waals surface area contributed by atoms with Gasteiger partial charge in [0.05, 0.1) is 4.92 Å². The summed E-state index contributed by atoms with van der Waals surface area (Å²) in [6.07, 6.45) is 0. The molecule has 0 radical (unpaired) electrons. The van der Waals surface area contributed by atoms with Gasteiger partial charge in [-0.05, 0) is 18.7 Å². The maximum atomic E-state index is 13.8. The minimum absolute atomic E-state index is 0.0138. The topological polar surface area (TPSA) is 64.4 Å². The number of hydrogen-bond acceptors (Lipinski definition) is 4. The monoisotopic (exact) mass is 290 g/mol. The Morgan fingerprint density at radius 3 is 2.76 bits per heavy atom. The van der Waals surface area contributed by atoms with E-state index in [1.54, 1.807) is 31.3 Å². The molecule has 2 aromatic carbocycles. The van der Waals surface area contributed by atoms with Crippen LogP contribution in [0, 0.1) is 15.9 Å². The van der Waals surface area contributed by atoms with Crippen LogP contribution in [-0.4, -0.2) is 12.0 Å². The third kappa shape index (κ3) is 3.76. The lowest BCUT2D eigenvalue weighted by Gasteiger charge is -2.12. The summed E-state index contributed by atoms with van der Waals surface area (Å²) in [4.78, 5) is 10.2. The van der Waals surface area contributed by atoms with Crippen molar-refractivity contribution in [1.82, 2.24) is 5.32 Å². The highest BCUT2D eigenvalue weighted by atomic mass is 19.1. The third-order valence-electron chi connectivity index (χ3n) is 2.92. The predicted octanol–water partition coefficient (Wildman–Crippen LogP) is 3.03. The maximum Gasteiger partial charge on any atom is 0.269 e. The molecule has 0 saturated heterocycles. The third-order valence-corrected chi connectivity index (χ3v) is 2.92. The Labute approximate surface area is 121 Å². The number of ether oxygens (including phenoxy) is 1. The number of non-ortho nitro benzene ring substituents is 1. The molecule has 0 aliphatic carbocycles. The number of nitrogens with zero attached hydrogens (tertiary/aromatic N) is 1. The number of benzene rings is 2. The zero-order valence-electron chi connectivity index (χ0n) is 11.5. The fraction of sp³-hybridized carbons (Fsp3) is 0.200. The molecular formula is C15H15FN2O3. The van der Waals surface area contributed by atoms with Crippen molar-refractivity contribution in [2.75, 3.05) is 7.05 Å². The summed E-state index contributed by atoms with van der Waals surface area (Å²) < 4.78 is 19.3. The fourth-order valence-electron chi connectivity index (χ4n) is 1.96. The summed E-state index contributed by atoms with van der Waals surface area (Å²) in [7, 11) is 1.76. The molecule has 0 atom stereocenters. The molecule has 5 nitrogen and oxygen atoms in total. The normalized spacial score (nSPS) is 10.4. The lowest BCUT2D eigenvalue weighted by atomic mass is 10.2. The van der Waals surface area contributed by atoms with Gasteiger partial charge in [0.1, 0.15) is 6.61 Å². The first-order valence-corrected chi connectivity index (χ1v) is 6.40. The zero-order chi connectivity index (χ0) is 15.2. The van der Waals surface area contributed by atoms with E-state index in [2.05, 4.69) is 5.32 Å². The standard InChI is InChI=1S/C15H15FN2O3/c1-17-9-12-5-3-7-14(16)15(12)21-10-11-4-2-6-13(8-11)18(19)20/h2-8,17H,9-10H2,1H3. The highest BCUT2D eigenvalue weighted by Gasteiger charge is 2.11. The first kappa shape index (κ1) is 14.9. The van der Waals surface area contributed by atoms with E-state index >= 15 is 0 Å². The van der Waals surface area contributed by atoms with E-state index in [0.29, 0.717) is 17.7 Å². The quantitative estimate of drug-likeness (QED) is 0.656. The molecule has 6 heteroatoms. The van der Waals surface area contributed by atoms with Gasteiger partial charge in [0.2, 0.25) is 0 Å². The average molecular weight is 290 g/mol. The molecule has 1 N–H and O–H groups in total. The predicted molar refractivity (Wildman–Crippen MR) is 76.6 cm³/mol. The summed E-state index contributed by atoms with van der Waals surface area (Å²) in [5, 5.41) is 13.7. The number of hydrogen-bond donors (Lipinski definition) is 1. The molecule has 110 valence electrons. The van der Waals surface area contributed by atoms with Crippen LogP contribution < -0.4 is 10.1 Å². The van der Waals surface area contributed by atoms with Crippen molar-refractivity contribution in [1.29, 1.82) is 0 Å². The van der Waals surface area contributed by atoms with Gasteiger partial charge in [-0.2, -0.15) is 0 Å². The van der Waals surface area contributed by atoms with Gasteiger partial charge in [-0.15, -0.1) is 0 Å². The fourth-order valence-corrected chi connectivity index (χ4v) is 1.96. The van der Waals surface area contributed by atoms with Gasteiger partial charge in [0.15, 0.2) is 11.6 Å². The first-order chi connectivity index (χ1) is 10.1. The summed E-state index contributed by atoms with van der Waals surface area (Å²) in [6.45, 7) is 0.543. The van der Waals surface area contributed by atoms with E-state index < -0.39 is 10.7 Å². The van der Waals surface area contributed by atoms with Gasteiger partial charge < -0.3 is 10.1 Å². The second-order valence-electron chi connectivity index (χ2n) is 4.47. The Kier molecular flexibility index (Phi) is 4.84. The van der Waals surface area contributed by atoms with Gasteiger partial charge in [-0.3, -0.25) is 10.1 Å². The van der Waals surface area contributed by atoms with Crippen molar-refractivity contribution in [2.45, 2.75) is 13.2 Å².